The van der Waals surface area contributed by atoms with Gasteiger partial charge in [-0.15, -0.1) is 11.3 Å². The van der Waals surface area contributed by atoms with Gasteiger partial charge in [-0.25, -0.2) is 0 Å². The summed E-state index contributed by atoms with van der Waals surface area (Å²) in [6, 6.07) is 2.42. The Balaban J connectivity index is 2.49. The van der Waals surface area contributed by atoms with Gasteiger partial charge in [0, 0.05) is 27.8 Å². The Kier molecular flexibility index (Phi) is 6.66. The molecule has 0 spiro atoms. The van der Waals surface area contributed by atoms with Crippen molar-refractivity contribution in [1.82, 2.24) is 4.90 Å². The zero-order valence-corrected chi connectivity index (χ0v) is 13.1. The summed E-state index contributed by atoms with van der Waals surface area (Å²) < 4.78 is 6.69. The van der Waals surface area contributed by atoms with Gasteiger partial charge in [-0.05, 0) is 42.9 Å². The van der Waals surface area contributed by atoms with E-state index in [1.807, 2.05) is 0 Å². The molecule has 0 aromatic carbocycles. The highest BCUT2D eigenvalue weighted by atomic mass is 79.9. The van der Waals surface area contributed by atoms with Gasteiger partial charge in [-0.2, -0.15) is 0 Å². The van der Waals surface area contributed by atoms with Gasteiger partial charge in [0.1, 0.15) is 0 Å². The molecule has 1 unspecified atom stereocenters. The Hall–Kier alpha value is 0.0600. The maximum absolute atomic E-state index is 5.86. The van der Waals surface area contributed by atoms with Crippen LogP contribution in [-0.2, 0) is 4.74 Å². The van der Waals surface area contributed by atoms with Gasteiger partial charge >= 0.3 is 0 Å². The topological polar surface area (TPSA) is 38.5 Å². The lowest BCUT2D eigenvalue weighted by molar-refractivity contribution is 0.0567. The third-order valence-corrected chi connectivity index (χ3v) is 4.36. The monoisotopic (exact) mass is 320 g/mol. The molecule has 0 aliphatic carbocycles. The van der Waals surface area contributed by atoms with Crippen LogP contribution in [0.15, 0.2) is 15.9 Å². The fourth-order valence-electron chi connectivity index (χ4n) is 1.60. The Morgan fingerprint density at radius 3 is 2.71 bits per heavy atom. The second kappa shape index (κ2) is 7.48. The molecule has 3 nitrogen and oxygen atoms in total. The van der Waals surface area contributed by atoms with Crippen molar-refractivity contribution >= 4 is 27.3 Å². The lowest BCUT2D eigenvalue weighted by Crippen LogP contribution is -2.33. The number of nitrogens with two attached hydrogens (primary N) is 1. The molecule has 0 aliphatic rings. The van der Waals surface area contributed by atoms with E-state index in [4.69, 9.17) is 10.5 Å². The van der Waals surface area contributed by atoms with E-state index in [-0.39, 0.29) is 12.1 Å². The Labute approximate surface area is 116 Å². The quantitative estimate of drug-likeness (QED) is 0.839. The molecule has 1 rings (SSSR count). The zero-order chi connectivity index (χ0) is 12.8. The van der Waals surface area contributed by atoms with Gasteiger partial charge in [-0.1, -0.05) is 0 Å². The van der Waals surface area contributed by atoms with E-state index in [9.17, 15) is 0 Å². The molecule has 0 fully saturated rings. The highest BCUT2D eigenvalue weighted by Gasteiger charge is 2.17. The van der Waals surface area contributed by atoms with Crippen LogP contribution in [0.1, 0.15) is 24.8 Å². The van der Waals surface area contributed by atoms with Crippen molar-refractivity contribution in [3.63, 3.8) is 0 Å². The molecule has 1 aromatic heterocycles. The molecule has 0 amide bonds. The first-order valence-electron chi connectivity index (χ1n) is 5.80. The molecule has 17 heavy (non-hydrogen) atoms. The summed E-state index contributed by atoms with van der Waals surface area (Å²) >= 11 is 5.22. The van der Waals surface area contributed by atoms with Crippen LogP contribution < -0.4 is 5.73 Å². The molecule has 0 bridgehead atoms. The van der Waals surface area contributed by atoms with Gasteiger partial charge < -0.3 is 10.5 Å². The highest BCUT2D eigenvalue weighted by molar-refractivity contribution is 9.10. The van der Waals surface area contributed by atoms with Crippen LogP contribution in [0.4, 0.5) is 0 Å². The first-order valence-corrected chi connectivity index (χ1v) is 7.47. The number of hydrogen-bond donors (Lipinski definition) is 1. The van der Waals surface area contributed by atoms with Crippen molar-refractivity contribution in [3.05, 3.63) is 20.8 Å². The fourth-order valence-corrected chi connectivity index (χ4v) is 3.23. The average molecular weight is 321 g/mol. The van der Waals surface area contributed by atoms with Crippen molar-refractivity contribution in [3.8, 4) is 0 Å². The summed E-state index contributed by atoms with van der Waals surface area (Å²) in [5.41, 5.74) is 5.86. The smallest absolute Gasteiger partial charge is 0.0597 e. The molecule has 5 heteroatoms. The van der Waals surface area contributed by atoms with E-state index in [0.717, 1.165) is 17.6 Å². The molecule has 0 radical (unpaired) electrons. The summed E-state index contributed by atoms with van der Waals surface area (Å²) in [4.78, 5) is 3.55. The minimum absolute atomic E-state index is 0.280. The maximum atomic E-state index is 5.86. The van der Waals surface area contributed by atoms with Crippen LogP contribution in [0, 0.1) is 0 Å². The van der Waals surface area contributed by atoms with E-state index in [0.29, 0.717) is 6.54 Å². The van der Waals surface area contributed by atoms with Gasteiger partial charge in [0.2, 0.25) is 0 Å². The van der Waals surface area contributed by atoms with Crippen LogP contribution >= 0.6 is 27.3 Å². The van der Waals surface area contributed by atoms with Gasteiger partial charge in [0.25, 0.3) is 0 Å². The molecule has 0 saturated heterocycles. The van der Waals surface area contributed by atoms with Crippen LogP contribution in [0.5, 0.6) is 0 Å². The third kappa shape index (κ3) is 5.06. The minimum atomic E-state index is 0.280. The van der Waals surface area contributed by atoms with Crippen molar-refractivity contribution < 1.29 is 4.74 Å². The molecule has 1 atom stereocenters. The normalized spacial score (nSPS) is 13.6. The largest absolute Gasteiger partial charge is 0.377 e. The fraction of sp³-hybridized carbons (Fsp3) is 0.667. The Morgan fingerprint density at radius 1 is 1.53 bits per heavy atom. The van der Waals surface area contributed by atoms with E-state index >= 15 is 0 Å². The first-order chi connectivity index (χ1) is 8.04. The molecule has 1 aromatic rings. The van der Waals surface area contributed by atoms with E-state index in [2.05, 4.69) is 53.2 Å². The van der Waals surface area contributed by atoms with Gasteiger partial charge in [-0.3, -0.25) is 4.90 Å². The predicted molar refractivity (Wildman–Crippen MR) is 77.5 cm³/mol. The van der Waals surface area contributed by atoms with E-state index in [1.54, 1.807) is 11.3 Å². The number of nitrogens with zero attached hydrogens (tertiary/aromatic N) is 1. The predicted octanol–water partition coefficient (Wildman–Crippen LogP) is 2.87. The maximum Gasteiger partial charge on any atom is 0.0597 e. The molecule has 2 N–H and O–H groups in total. The first kappa shape index (κ1) is 15.1. The SMILES string of the molecule is CC(C)OCCN(C)C(CN)c1cc(Br)cs1. The number of rotatable bonds is 7. The van der Waals surface area contributed by atoms with Crippen molar-refractivity contribution in [1.29, 1.82) is 0 Å². The lowest BCUT2D eigenvalue weighted by atomic mass is 10.2. The second-order valence-electron chi connectivity index (χ2n) is 4.32. The zero-order valence-electron chi connectivity index (χ0n) is 10.6. The van der Waals surface area contributed by atoms with Crippen LogP contribution in [-0.4, -0.2) is 37.7 Å². The number of ether oxygens (including phenoxy) is 1. The molecular weight excluding hydrogens is 300 g/mol. The van der Waals surface area contributed by atoms with Crippen LogP contribution in [0.2, 0.25) is 0 Å². The van der Waals surface area contributed by atoms with Crippen molar-refractivity contribution in [2.75, 3.05) is 26.7 Å². The third-order valence-electron chi connectivity index (χ3n) is 2.57. The number of thiophene rings is 1. The highest BCUT2D eigenvalue weighted by Crippen LogP contribution is 2.28. The summed E-state index contributed by atoms with van der Waals surface area (Å²) in [6.45, 7) is 6.38. The summed E-state index contributed by atoms with van der Waals surface area (Å²) in [5.74, 6) is 0. The molecule has 1 heterocycles. The van der Waals surface area contributed by atoms with Gasteiger partial charge in [0.15, 0.2) is 0 Å². The van der Waals surface area contributed by atoms with E-state index < -0.39 is 0 Å². The molecule has 98 valence electrons. The molecule has 0 saturated carbocycles. The summed E-state index contributed by atoms with van der Waals surface area (Å²) in [5, 5.41) is 2.09. The van der Waals surface area contributed by atoms with Gasteiger partial charge in [0.05, 0.1) is 18.8 Å². The number of hydrogen-bond acceptors (Lipinski definition) is 4. The average Bonchev–Trinajstić information content (AvgIpc) is 2.65. The van der Waals surface area contributed by atoms with Crippen LogP contribution in [0.25, 0.3) is 0 Å². The Morgan fingerprint density at radius 2 is 2.24 bits per heavy atom. The second-order valence-corrected chi connectivity index (χ2v) is 6.18. The Bertz CT molecular complexity index is 330. The van der Waals surface area contributed by atoms with Crippen molar-refractivity contribution in [2.45, 2.75) is 26.0 Å². The summed E-state index contributed by atoms with van der Waals surface area (Å²) in [7, 11) is 2.09. The van der Waals surface area contributed by atoms with Crippen molar-refractivity contribution in [2.24, 2.45) is 5.73 Å². The number of likely N-dealkylation sites (N-methyl/N-ethyl adjacent to an activating group) is 1. The van der Waals surface area contributed by atoms with Crippen LogP contribution in [0.3, 0.4) is 0 Å². The molecular formula is C12H21BrN2OS. The van der Waals surface area contributed by atoms with E-state index in [1.165, 1.54) is 4.88 Å². The summed E-state index contributed by atoms with van der Waals surface area (Å²) in [6.07, 6.45) is 0.288. The minimum Gasteiger partial charge on any atom is -0.377 e. The molecule has 0 aliphatic heterocycles. The lowest BCUT2D eigenvalue weighted by Gasteiger charge is -2.26. The number of halogens is 1. The standard InChI is InChI=1S/C12H21BrN2OS/c1-9(2)16-5-4-15(3)11(7-14)12-6-10(13)8-17-12/h6,8-9,11H,4-5,7,14H2,1-3H3.